The third-order valence-electron chi connectivity index (χ3n) is 4.67. The quantitative estimate of drug-likeness (QED) is 0.536. The Labute approximate surface area is 155 Å². The number of hydrogen-bond acceptors (Lipinski definition) is 4. The second kappa shape index (κ2) is 9.01. The zero-order valence-electron chi connectivity index (χ0n) is 15.8. The molecule has 1 fully saturated rings. The molecule has 140 valence electrons. The van der Waals surface area contributed by atoms with E-state index < -0.39 is 0 Å². The molecular formula is C21H28NO4+. The topological polar surface area (TPSA) is 40.8 Å². The fourth-order valence-corrected chi connectivity index (χ4v) is 3.32. The maximum absolute atomic E-state index is 6.07. The first-order valence-electron chi connectivity index (χ1n) is 9.12. The Morgan fingerprint density at radius 2 is 1.96 bits per heavy atom. The van der Waals surface area contributed by atoms with E-state index in [0.717, 1.165) is 42.7 Å². The van der Waals surface area contributed by atoms with E-state index in [1.54, 1.807) is 14.2 Å². The van der Waals surface area contributed by atoms with Crippen LogP contribution in [0.3, 0.4) is 0 Å². The van der Waals surface area contributed by atoms with E-state index in [1.165, 1.54) is 5.56 Å². The van der Waals surface area contributed by atoms with Crippen LogP contribution in [0.5, 0.6) is 11.5 Å². The predicted molar refractivity (Wildman–Crippen MR) is 98.3 cm³/mol. The van der Waals surface area contributed by atoms with E-state index in [9.17, 15) is 0 Å². The SMILES string of the molecule is COc1ccc([C@@H]2CC[C@@H](OCCCc3ccc[n+](C)c3)O2)cc1OC. The summed E-state index contributed by atoms with van der Waals surface area (Å²) in [6.45, 7) is 0.710. The van der Waals surface area contributed by atoms with Gasteiger partial charge < -0.3 is 18.9 Å². The monoisotopic (exact) mass is 358 g/mol. The van der Waals surface area contributed by atoms with Gasteiger partial charge in [-0.1, -0.05) is 6.07 Å². The van der Waals surface area contributed by atoms with Gasteiger partial charge in [-0.05, 0) is 43.0 Å². The standard InChI is InChI=1S/C21H28NO4/c1-22-12-4-6-16(15-22)7-5-13-25-21-11-10-18(26-21)17-8-9-19(23-2)20(14-17)24-3/h4,6,8-9,12,14-15,18,21H,5,7,10-11,13H2,1-3H3/q+1/t18-,21-/m0/s1. The van der Waals surface area contributed by atoms with Gasteiger partial charge in [0.15, 0.2) is 30.2 Å². The molecule has 0 bridgehead atoms. The van der Waals surface area contributed by atoms with Crippen LogP contribution in [-0.2, 0) is 22.9 Å². The van der Waals surface area contributed by atoms with Gasteiger partial charge in [0.2, 0.25) is 0 Å². The minimum absolute atomic E-state index is 0.0491. The van der Waals surface area contributed by atoms with E-state index in [-0.39, 0.29) is 12.4 Å². The van der Waals surface area contributed by atoms with Crippen LogP contribution in [0.15, 0.2) is 42.7 Å². The first-order chi connectivity index (χ1) is 12.7. The molecule has 2 atom stereocenters. The Bertz CT molecular complexity index is 719. The molecule has 5 heteroatoms. The number of rotatable bonds is 8. The lowest BCUT2D eigenvalue weighted by Gasteiger charge is -2.16. The molecule has 0 unspecified atom stereocenters. The van der Waals surface area contributed by atoms with E-state index in [2.05, 4.69) is 22.9 Å². The number of benzene rings is 1. The fourth-order valence-electron chi connectivity index (χ4n) is 3.32. The lowest BCUT2D eigenvalue weighted by atomic mass is 10.1. The highest BCUT2D eigenvalue weighted by molar-refractivity contribution is 5.43. The summed E-state index contributed by atoms with van der Waals surface area (Å²) < 4.78 is 24.7. The third-order valence-corrected chi connectivity index (χ3v) is 4.67. The van der Waals surface area contributed by atoms with Gasteiger partial charge in [0.05, 0.1) is 26.9 Å². The summed E-state index contributed by atoms with van der Waals surface area (Å²) in [5.74, 6) is 1.46. The second-order valence-electron chi connectivity index (χ2n) is 6.60. The normalized spacial score (nSPS) is 19.5. The van der Waals surface area contributed by atoms with Crippen LogP contribution in [0.25, 0.3) is 0 Å². The van der Waals surface area contributed by atoms with Gasteiger partial charge in [-0.3, -0.25) is 0 Å². The summed E-state index contributed by atoms with van der Waals surface area (Å²) in [4.78, 5) is 0. The molecule has 5 nitrogen and oxygen atoms in total. The maximum Gasteiger partial charge on any atom is 0.171 e. The van der Waals surface area contributed by atoms with Crippen LogP contribution in [0.2, 0.25) is 0 Å². The van der Waals surface area contributed by atoms with Crippen molar-refractivity contribution in [2.24, 2.45) is 7.05 Å². The van der Waals surface area contributed by atoms with Gasteiger partial charge >= 0.3 is 0 Å². The average Bonchev–Trinajstić information content (AvgIpc) is 3.13. The molecule has 1 aliphatic rings. The summed E-state index contributed by atoms with van der Waals surface area (Å²) in [5, 5.41) is 0. The van der Waals surface area contributed by atoms with Crippen molar-refractivity contribution in [3.8, 4) is 11.5 Å². The number of nitrogens with zero attached hydrogens (tertiary/aromatic N) is 1. The van der Waals surface area contributed by atoms with Crippen LogP contribution in [0.4, 0.5) is 0 Å². The highest BCUT2D eigenvalue weighted by Crippen LogP contribution is 2.37. The Morgan fingerprint density at radius 3 is 2.73 bits per heavy atom. The molecule has 0 spiro atoms. The molecule has 0 radical (unpaired) electrons. The maximum atomic E-state index is 6.07. The fraction of sp³-hybridized carbons (Fsp3) is 0.476. The van der Waals surface area contributed by atoms with Crippen LogP contribution >= 0.6 is 0 Å². The molecule has 1 aromatic heterocycles. The number of hydrogen-bond donors (Lipinski definition) is 0. The molecule has 0 aliphatic carbocycles. The largest absolute Gasteiger partial charge is 0.493 e. The predicted octanol–water partition coefficient (Wildman–Crippen LogP) is 3.36. The first kappa shape index (κ1) is 18.7. The van der Waals surface area contributed by atoms with Crippen LogP contribution in [-0.4, -0.2) is 27.1 Å². The van der Waals surface area contributed by atoms with Gasteiger partial charge in [-0.2, -0.15) is 0 Å². The van der Waals surface area contributed by atoms with Crippen LogP contribution < -0.4 is 14.0 Å². The van der Waals surface area contributed by atoms with Gasteiger partial charge in [-0.25, -0.2) is 4.57 Å². The van der Waals surface area contributed by atoms with Crippen molar-refractivity contribution in [3.05, 3.63) is 53.9 Å². The Balaban J connectivity index is 1.45. The van der Waals surface area contributed by atoms with Crippen molar-refractivity contribution < 1.29 is 23.5 Å². The first-order valence-corrected chi connectivity index (χ1v) is 9.12. The molecule has 2 heterocycles. The average molecular weight is 358 g/mol. The zero-order valence-corrected chi connectivity index (χ0v) is 15.8. The molecule has 0 amide bonds. The molecule has 26 heavy (non-hydrogen) atoms. The lowest BCUT2D eigenvalue weighted by Crippen LogP contribution is -2.26. The van der Waals surface area contributed by atoms with Gasteiger partial charge in [0.25, 0.3) is 0 Å². The highest BCUT2D eigenvalue weighted by Gasteiger charge is 2.27. The van der Waals surface area contributed by atoms with E-state index in [1.807, 2.05) is 31.4 Å². The van der Waals surface area contributed by atoms with Gasteiger partial charge in [0.1, 0.15) is 7.05 Å². The van der Waals surface area contributed by atoms with Crippen LogP contribution in [0, 0.1) is 0 Å². The lowest BCUT2D eigenvalue weighted by molar-refractivity contribution is -0.671. The van der Waals surface area contributed by atoms with Crippen molar-refractivity contribution in [3.63, 3.8) is 0 Å². The van der Waals surface area contributed by atoms with Crippen molar-refractivity contribution in [2.75, 3.05) is 20.8 Å². The van der Waals surface area contributed by atoms with Crippen molar-refractivity contribution in [2.45, 2.75) is 38.1 Å². The van der Waals surface area contributed by atoms with E-state index in [4.69, 9.17) is 18.9 Å². The number of methoxy groups -OCH3 is 2. The van der Waals surface area contributed by atoms with Crippen LogP contribution in [0.1, 0.15) is 36.5 Å². The second-order valence-corrected chi connectivity index (χ2v) is 6.60. The molecule has 1 saturated heterocycles. The van der Waals surface area contributed by atoms with E-state index in [0.29, 0.717) is 6.61 Å². The molecule has 0 N–H and O–H groups in total. The molecule has 1 aliphatic heterocycles. The number of ether oxygens (including phenoxy) is 4. The Hall–Kier alpha value is -2.11. The molecule has 0 saturated carbocycles. The number of pyridine rings is 1. The number of aromatic nitrogens is 1. The molecular weight excluding hydrogens is 330 g/mol. The van der Waals surface area contributed by atoms with E-state index >= 15 is 0 Å². The zero-order chi connectivity index (χ0) is 18.4. The highest BCUT2D eigenvalue weighted by atomic mass is 16.7. The molecule has 1 aromatic carbocycles. The summed E-state index contributed by atoms with van der Waals surface area (Å²) in [7, 11) is 5.33. The third kappa shape index (κ3) is 4.74. The molecule has 3 rings (SSSR count). The summed E-state index contributed by atoms with van der Waals surface area (Å²) >= 11 is 0. The smallest absolute Gasteiger partial charge is 0.171 e. The van der Waals surface area contributed by atoms with Gasteiger partial charge in [-0.15, -0.1) is 0 Å². The van der Waals surface area contributed by atoms with Crippen molar-refractivity contribution in [1.82, 2.24) is 0 Å². The Morgan fingerprint density at radius 1 is 1.12 bits per heavy atom. The number of aryl methyl sites for hydroxylation is 2. The summed E-state index contributed by atoms with van der Waals surface area (Å²) in [6.07, 6.45) is 7.99. The minimum Gasteiger partial charge on any atom is -0.493 e. The van der Waals surface area contributed by atoms with Gasteiger partial charge in [0, 0.05) is 18.1 Å². The summed E-state index contributed by atoms with van der Waals surface area (Å²) in [6, 6.07) is 10.2. The minimum atomic E-state index is -0.125. The van der Waals surface area contributed by atoms with Crippen molar-refractivity contribution in [1.29, 1.82) is 0 Å². The Kier molecular flexibility index (Phi) is 6.47. The molecule has 2 aromatic rings. The summed E-state index contributed by atoms with van der Waals surface area (Å²) in [5.41, 5.74) is 2.43. The van der Waals surface area contributed by atoms with Crippen molar-refractivity contribution >= 4 is 0 Å².